The third-order valence-corrected chi connectivity index (χ3v) is 4.20. The van der Waals surface area contributed by atoms with Gasteiger partial charge in [0.05, 0.1) is 11.6 Å². The van der Waals surface area contributed by atoms with E-state index in [9.17, 15) is 9.59 Å². The topological polar surface area (TPSA) is 83.4 Å². The van der Waals surface area contributed by atoms with Crippen molar-refractivity contribution in [3.05, 3.63) is 24.3 Å². The molecule has 0 bridgehead atoms. The second-order valence-corrected chi connectivity index (χ2v) is 5.06. The van der Waals surface area contributed by atoms with Gasteiger partial charge in [-0.2, -0.15) is 0 Å². The minimum atomic E-state index is -0.976. The number of carbonyl (C=O) groups excluding carboxylic acids is 1. The van der Waals surface area contributed by atoms with E-state index in [0.29, 0.717) is 12.2 Å². The van der Waals surface area contributed by atoms with Crippen LogP contribution in [0.2, 0.25) is 0 Å². The van der Waals surface area contributed by atoms with Gasteiger partial charge in [-0.15, -0.1) is 11.8 Å². The van der Waals surface area contributed by atoms with Crippen molar-refractivity contribution in [3.63, 3.8) is 0 Å². The first kappa shape index (κ1) is 12.8. The third kappa shape index (κ3) is 2.31. The van der Waals surface area contributed by atoms with Gasteiger partial charge in [0.2, 0.25) is 0 Å². The molecule has 1 aromatic rings. The minimum absolute atomic E-state index is 0.111. The first-order valence-corrected chi connectivity index (χ1v) is 6.63. The van der Waals surface area contributed by atoms with Gasteiger partial charge >= 0.3 is 5.97 Å². The van der Waals surface area contributed by atoms with Crippen LogP contribution in [0.1, 0.15) is 23.8 Å². The fourth-order valence-electron chi connectivity index (χ4n) is 1.88. The summed E-state index contributed by atoms with van der Waals surface area (Å²) in [6, 6.07) is -0.783. The Labute approximate surface area is 108 Å². The second kappa shape index (κ2) is 5.34. The molecule has 1 aliphatic heterocycles. The molecule has 0 aromatic carbocycles. The van der Waals surface area contributed by atoms with Gasteiger partial charge in [0.25, 0.3) is 5.91 Å². The standard InChI is InChI=1S/C11H13N3O3S/c1-2-9-14(8(6-18-9)11(16)17)10(15)7-5-12-3-4-13-7/h3-5,8-9H,2,6H2,1H3,(H,16,17). The maximum absolute atomic E-state index is 12.3. The molecule has 6 nitrogen and oxygen atoms in total. The molecule has 2 rings (SSSR count). The van der Waals surface area contributed by atoms with Crippen molar-refractivity contribution in [3.8, 4) is 0 Å². The van der Waals surface area contributed by atoms with Crippen LogP contribution in [0.5, 0.6) is 0 Å². The van der Waals surface area contributed by atoms with Crippen molar-refractivity contribution in [1.82, 2.24) is 14.9 Å². The molecule has 2 heterocycles. The molecular formula is C11H13N3O3S. The van der Waals surface area contributed by atoms with Crippen LogP contribution < -0.4 is 0 Å². The van der Waals surface area contributed by atoms with E-state index in [2.05, 4.69) is 9.97 Å². The number of hydrogen-bond acceptors (Lipinski definition) is 5. The van der Waals surface area contributed by atoms with Gasteiger partial charge in [-0.25, -0.2) is 9.78 Å². The number of carbonyl (C=O) groups is 2. The molecule has 0 spiro atoms. The number of carboxylic acids is 1. The number of carboxylic acid groups (broad SMARTS) is 1. The van der Waals surface area contributed by atoms with Crippen LogP contribution >= 0.6 is 11.8 Å². The Morgan fingerprint density at radius 1 is 1.56 bits per heavy atom. The zero-order valence-corrected chi connectivity index (χ0v) is 10.6. The van der Waals surface area contributed by atoms with E-state index in [1.165, 1.54) is 35.3 Å². The lowest BCUT2D eigenvalue weighted by Gasteiger charge is -2.26. The summed E-state index contributed by atoms with van der Waals surface area (Å²) in [6.07, 6.45) is 4.96. The Balaban J connectivity index is 2.28. The summed E-state index contributed by atoms with van der Waals surface area (Å²) in [5, 5.41) is 9.04. The quantitative estimate of drug-likeness (QED) is 0.874. The predicted molar refractivity (Wildman–Crippen MR) is 66.2 cm³/mol. The van der Waals surface area contributed by atoms with Crippen molar-refractivity contribution < 1.29 is 14.7 Å². The van der Waals surface area contributed by atoms with Crippen LogP contribution in [-0.2, 0) is 4.79 Å². The lowest BCUT2D eigenvalue weighted by molar-refractivity contribution is -0.141. The van der Waals surface area contributed by atoms with E-state index in [0.717, 1.165) is 0 Å². The van der Waals surface area contributed by atoms with Crippen LogP contribution in [0.4, 0.5) is 0 Å². The molecule has 1 saturated heterocycles. The molecule has 1 aromatic heterocycles. The van der Waals surface area contributed by atoms with Crippen molar-refractivity contribution in [1.29, 1.82) is 0 Å². The third-order valence-electron chi connectivity index (χ3n) is 2.74. The normalized spacial score (nSPS) is 23.1. The number of hydrogen-bond donors (Lipinski definition) is 1. The van der Waals surface area contributed by atoms with E-state index >= 15 is 0 Å². The van der Waals surface area contributed by atoms with Crippen LogP contribution in [0.15, 0.2) is 18.6 Å². The van der Waals surface area contributed by atoms with Gasteiger partial charge in [-0.05, 0) is 6.42 Å². The molecule has 96 valence electrons. The van der Waals surface area contributed by atoms with Crippen molar-refractivity contribution in [2.75, 3.05) is 5.75 Å². The van der Waals surface area contributed by atoms with Gasteiger partial charge < -0.3 is 10.0 Å². The van der Waals surface area contributed by atoms with Gasteiger partial charge in [0.15, 0.2) is 0 Å². The van der Waals surface area contributed by atoms with E-state index in [-0.39, 0.29) is 17.0 Å². The molecular weight excluding hydrogens is 254 g/mol. The van der Waals surface area contributed by atoms with E-state index in [1.807, 2.05) is 6.92 Å². The Kier molecular flexibility index (Phi) is 3.81. The van der Waals surface area contributed by atoms with Gasteiger partial charge in [-0.1, -0.05) is 6.92 Å². The van der Waals surface area contributed by atoms with Gasteiger partial charge in [0.1, 0.15) is 11.7 Å². The zero-order chi connectivity index (χ0) is 13.1. The Bertz CT molecular complexity index is 454. The summed E-state index contributed by atoms with van der Waals surface area (Å²) < 4.78 is 0. The maximum atomic E-state index is 12.3. The number of aliphatic carboxylic acids is 1. The van der Waals surface area contributed by atoms with E-state index < -0.39 is 12.0 Å². The summed E-state index contributed by atoms with van der Waals surface area (Å²) in [4.78, 5) is 32.6. The molecule has 1 amide bonds. The molecule has 7 heteroatoms. The largest absolute Gasteiger partial charge is 0.480 e. The van der Waals surface area contributed by atoms with Crippen molar-refractivity contribution in [2.24, 2.45) is 0 Å². The van der Waals surface area contributed by atoms with Crippen LogP contribution in [-0.4, -0.2) is 49.0 Å². The highest BCUT2D eigenvalue weighted by Crippen LogP contribution is 2.32. The Hall–Kier alpha value is -1.63. The first-order chi connectivity index (χ1) is 8.65. The molecule has 0 saturated carbocycles. The average Bonchev–Trinajstić information content (AvgIpc) is 2.82. The highest BCUT2D eigenvalue weighted by atomic mass is 32.2. The first-order valence-electron chi connectivity index (χ1n) is 5.58. The summed E-state index contributed by atoms with van der Waals surface area (Å²) in [7, 11) is 0. The Morgan fingerprint density at radius 2 is 2.33 bits per heavy atom. The molecule has 1 N–H and O–H groups in total. The molecule has 0 radical (unpaired) electrons. The number of aromatic nitrogens is 2. The minimum Gasteiger partial charge on any atom is -0.480 e. The highest BCUT2D eigenvalue weighted by Gasteiger charge is 2.41. The summed E-state index contributed by atoms with van der Waals surface area (Å²) >= 11 is 1.49. The molecule has 1 aliphatic rings. The van der Waals surface area contributed by atoms with Gasteiger partial charge in [0, 0.05) is 18.1 Å². The molecule has 0 aliphatic carbocycles. The molecule has 1 fully saturated rings. The summed E-state index contributed by atoms with van der Waals surface area (Å²) in [5.41, 5.74) is 0.185. The monoisotopic (exact) mass is 267 g/mol. The summed E-state index contributed by atoms with van der Waals surface area (Å²) in [6.45, 7) is 1.93. The maximum Gasteiger partial charge on any atom is 0.327 e. The van der Waals surface area contributed by atoms with Crippen LogP contribution in [0, 0.1) is 0 Å². The average molecular weight is 267 g/mol. The van der Waals surface area contributed by atoms with Crippen molar-refractivity contribution in [2.45, 2.75) is 24.8 Å². The Morgan fingerprint density at radius 3 is 2.89 bits per heavy atom. The number of rotatable bonds is 3. The smallest absolute Gasteiger partial charge is 0.327 e. The summed E-state index contributed by atoms with van der Waals surface area (Å²) in [5.74, 6) is -0.928. The number of thioether (sulfide) groups is 1. The van der Waals surface area contributed by atoms with E-state index in [4.69, 9.17) is 5.11 Å². The SMILES string of the molecule is CCC1SCC(C(=O)O)N1C(=O)c1cnccn1. The lowest BCUT2D eigenvalue weighted by atomic mass is 10.2. The fraction of sp³-hybridized carbons (Fsp3) is 0.455. The zero-order valence-electron chi connectivity index (χ0n) is 9.81. The van der Waals surface area contributed by atoms with Crippen LogP contribution in [0.25, 0.3) is 0 Å². The lowest BCUT2D eigenvalue weighted by Crippen LogP contribution is -2.45. The fourth-order valence-corrected chi connectivity index (χ4v) is 3.23. The van der Waals surface area contributed by atoms with E-state index in [1.54, 1.807) is 0 Å². The highest BCUT2D eigenvalue weighted by molar-refractivity contribution is 8.00. The predicted octanol–water partition coefficient (Wildman–Crippen LogP) is 0.855. The van der Waals surface area contributed by atoms with Crippen molar-refractivity contribution >= 4 is 23.6 Å². The van der Waals surface area contributed by atoms with Gasteiger partial charge in [-0.3, -0.25) is 9.78 Å². The molecule has 2 unspecified atom stereocenters. The number of amides is 1. The number of nitrogens with zero attached hydrogens (tertiary/aromatic N) is 3. The molecule has 18 heavy (non-hydrogen) atoms. The second-order valence-electron chi connectivity index (χ2n) is 3.85. The van der Waals surface area contributed by atoms with Crippen LogP contribution in [0.3, 0.4) is 0 Å². The molecule has 2 atom stereocenters.